The number of carbonyl (C=O) groups is 1. The van der Waals surface area contributed by atoms with E-state index in [-0.39, 0.29) is 11.3 Å². The summed E-state index contributed by atoms with van der Waals surface area (Å²) in [6, 6.07) is 1.72. The van der Waals surface area contributed by atoms with Crippen molar-refractivity contribution in [2.75, 3.05) is 0 Å². The fraction of sp³-hybridized carbons (Fsp3) is 0.357. The standard InChI is InChI=1S/C14H14F3N3O2/c1-2-3-4-7-20-13(12(14(21)22)18-19-20)8-5-6-9(15)11(17)10(8)16/h5-6H,2-4,7H2,1H3,(H,21,22). The molecular formula is C14H14F3N3O2. The lowest BCUT2D eigenvalue weighted by molar-refractivity contribution is 0.0691. The second-order valence-corrected chi connectivity index (χ2v) is 4.74. The van der Waals surface area contributed by atoms with Gasteiger partial charge in [0.15, 0.2) is 23.1 Å². The summed E-state index contributed by atoms with van der Waals surface area (Å²) in [6.45, 7) is 2.29. The highest BCUT2D eigenvalue weighted by atomic mass is 19.2. The third-order valence-electron chi connectivity index (χ3n) is 3.20. The molecule has 1 aromatic heterocycles. The van der Waals surface area contributed by atoms with E-state index in [0.717, 1.165) is 25.0 Å². The Morgan fingerprint density at radius 2 is 1.95 bits per heavy atom. The van der Waals surface area contributed by atoms with Crippen LogP contribution in [0, 0.1) is 17.5 Å². The molecule has 0 aliphatic rings. The zero-order valence-corrected chi connectivity index (χ0v) is 11.8. The number of benzene rings is 1. The van der Waals surface area contributed by atoms with Gasteiger partial charge in [-0.15, -0.1) is 5.10 Å². The minimum atomic E-state index is -1.66. The molecule has 2 rings (SSSR count). The van der Waals surface area contributed by atoms with Gasteiger partial charge in [0.05, 0.1) is 0 Å². The van der Waals surface area contributed by atoms with Gasteiger partial charge >= 0.3 is 5.97 Å². The molecule has 0 amide bonds. The molecule has 0 unspecified atom stereocenters. The van der Waals surface area contributed by atoms with Crippen molar-refractivity contribution in [1.82, 2.24) is 15.0 Å². The number of nitrogens with zero attached hydrogens (tertiary/aromatic N) is 3. The summed E-state index contributed by atoms with van der Waals surface area (Å²) in [7, 11) is 0. The van der Waals surface area contributed by atoms with E-state index < -0.39 is 29.1 Å². The molecule has 0 bridgehead atoms. The SMILES string of the molecule is CCCCCn1nnc(C(=O)O)c1-c1ccc(F)c(F)c1F. The van der Waals surface area contributed by atoms with Gasteiger partial charge in [0.25, 0.3) is 0 Å². The summed E-state index contributed by atoms with van der Waals surface area (Å²) in [5.74, 6) is -5.87. The molecule has 118 valence electrons. The summed E-state index contributed by atoms with van der Waals surface area (Å²) in [5, 5.41) is 16.3. The molecule has 0 saturated carbocycles. The van der Waals surface area contributed by atoms with Crippen LogP contribution in [0.1, 0.15) is 36.7 Å². The summed E-state index contributed by atoms with van der Waals surface area (Å²) >= 11 is 0. The Balaban J connectivity index is 2.54. The Morgan fingerprint density at radius 3 is 2.59 bits per heavy atom. The molecule has 0 aliphatic heterocycles. The molecule has 5 nitrogen and oxygen atoms in total. The Bertz CT molecular complexity index is 701. The van der Waals surface area contributed by atoms with E-state index in [9.17, 15) is 18.0 Å². The highest BCUT2D eigenvalue weighted by Gasteiger charge is 2.25. The molecule has 1 aromatic carbocycles. The van der Waals surface area contributed by atoms with Gasteiger partial charge in [0.1, 0.15) is 5.69 Å². The van der Waals surface area contributed by atoms with Crippen LogP contribution in [-0.2, 0) is 6.54 Å². The van der Waals surface area contributed by atoms with Gasteiger partial charge in [-0.3, -0.25) is 0 Å². The Morgan fingerprint density at radius 1 is 1.23 bits per heavy atom. The smallest absolute Gasteiger partial charge is 0.358 e. The number of unbranched alkanes of at least 4 members (excludes halogenated alkanes) is 2. The van der Waals surface area contributed by atoms with Gasteiger partial charge in [0, 0.05) is 12.1 Å². The molecule has 0 saturated heterocycles. The lowest BCUT2D eigenvalue weighted by Gasteiger charge is -2.09. The number of hydrogen-bond donors (Lipinski definition) is 1. The Kier molecular flexibility index (Phi) is 4.79. The number of halogens is 3. The zero-order valence-electron chi connectivity index (χ0n) is 11.8. The summed E-state index contributed by atoms with van der Waals surface area (Å²) < 4.78 is 41.6. The number of rotatable bonds is 6. The van der Waals surface area contributed by atoms with Crippen LogP contribution in [0.4, 0.5) is 13.2 Å². The van der Waals surface area contributed by atoms with Crippen molar-refractivity contribution in [3.05, 3.63) is 35.3 Å². The van der Waals surface area contributed by atoms with Crippen molar-refractivity contribution in [2.24, 2.45) is 0 Å². The largest absolute Gasteiger partial charge is 0.476 e. The summed E-state index contributed by atoms with van der Waals surface area (Å²) in [5.41, 5.74) is -1.04. The fourth-order valence-corrected chi connectivity index (χ4v) is 2.10. The van der Waals surface area contributed by atoms with E-state index in [0.29, 0.717) is 13.0 Å². The van der Waals surface area contributed by atoms with Crippen molar-refractivity contribution >= 4 is 5.97 Å². The van der Waals surface area contributed by atoms with Gasteiger partial charge in [0.2, 0.25) is 0 Å². The predicted molar refractivity (Wildman–Crippen MR) is 71.8 cm³/mol. The van der Waals surface area contributed by atoms with E-state index in [1.807, 2.05) is 6.92 Å². The van der Waals surface area contributed by atoms with Crippen LogP contribution < -0.4 is 0 Å². The van der Waals surface area contributed by atoms with Crippen LogP contribution in [0.15, 0.2) is 12.1 Å². The molecular weight excluding hydrogens is 299 g/mol. The van der Waals surface area contributed by atoms with Crippen molar-refractivity contribution in [3.8, 4) is 11.3 Å². The van der Waals surface area contributed by atoms with E-state index in [2.05, 4.69) is 10.3 Å². The van der Waals surface area contributed by atoms with Crippen LogP contribution in [0.25, 0.3) is 11.3 Å². The molecule has 0 fully saturated rings. The number of aromatic carboxylic acids is 1. The van der Waals surface area contributed by atoms with Crippen LogP contribution in [0.5, 0.6) is 0 Å². The van der Waals surface area contributed by atoms with Crippen molar-refractivity contribution < 1.29 is 23.1 Å². The highest BCUT2D eigenvalue weighted by Crippen LogP contribution is 2.28. The maximum Gasteiger partial charge on any atom is 0.358 e. The first-order valence-electron chi connectivity index (χ1n) is 6.78. The number of aryl methyl sites for hydroxylation is 1. The number of carboxylic acids is 1. The van der Waals surface area contributed by atoms with Gasteiger partial charge in [-0.05, 0) is 18.6 Å². The second-order valence-electron chi connectivity index (χ2n) is 4.74. The predicted octanol–water partition coefficient (Wildman–Crippen LogP) is 3.25. The average molecular weight is 313 g/mol. The first kappa shape index (κ1) is 16.0. The van der Waals surface area contributed by atoms with Crippen LogP contribution in [0.2, 0.25) is 0 Å². The lowest BCUT2D eigenvalue weighted by atomic mass is 10.1. The van der Waals surface area contributed by atoms with Crippen LogP contribution >= 0.6 is 0 Å². The monoisotopic (exact) mass is 313 g/mol. The maximum absolute atomic E-state index is 14.0. The molecule has 22 heavy (non-hydrogen) atoms. The van der Waals surface area contributed by atoms with Gasteiger partial charge in [-0.25, -0.2) is 22.6 Å². The molecule has 0 atom stereocenters. The normalized spacial score (nSPS) is 10.9. The average Bonchev–Trinajstić information content (AvgIpc) is 2.89. The van der Waals surface area contributed by atoms with Gasteiger partial charge in [-0.1, -0.05) is 25.0 Å². The minimum absolute atomic E-state index is 0.167. The quantitative estimate of drug-likeness (QED) is 0.656. The van der Waals surface area contributed by atoms with Crippen LogP contribution in [0.3, 0.4) is 0 Å². The molecule has 8 heteroatoms. The molecule has 1 heterocycles. The highest BCUT2D eigenvalue weighted by molar-refractivity contribution is 5.92. The number of hydrogen-bond acceptors (Lipinski definition) is 3. The zero-order chi connectivity index (χ0) is 16.3. The molecule has 0 aliphatic carbocycles. The first-order valence-corrected chi connectivity index (χ1v) is 6.78. The Labute approximate surface area is 124 Å². The number of aromatic nitrogens is 3. The van der Waals surface area contributed by atoms with Crippen LogP contribution in [-0.4, -0.2) is 26.1 Å². The van der Waals surface area contributed by atoms with E-state index in [4.69, 9.17) is 5.11 Å². The summed E-state index contributed by atoms with van der Waals surface area (Å²) in [4.78, 5) is 11.2. The van der Waals surface area contributed by atoms with E-state index in [1.54, 1.807) is 0 Å². The van der Waals surface area contributed by atoms with Gasteiger partial charge in [-0.2, -0.15) is 0 Å². The second kappa shape index (κ2) is 6.59. The number of carboxylic acid groups (broad SMARTS) is 1. The van der Waals surface area contributed by atoms with Crippen molar-refractivity contribution in [1.29, 1.82) is 0 Å². The maximum atomic E-state index is 14.0. The summed E-state index contributed by atoms with van der Waals surface area (Å²) in [6.07, 6.45) is 2.47. The van der Waals surface area contributed by atoms with E-state index in [1.165, 1.54) is 4.68 Å². The molecule has 1 N–H and O–H groups in total. The van der Waals surface area contributed by atoms with Crippen molar-refractivity contribution in [3.63, 3.8) is 0 Å². The molecule has 0 radical (unpaired) electrons. The topological polar surface area (TPSA) is 68.0 Å². The third kappa shape index (κ3) is 2.95. The minimum Gasteiger partial charge on any atom is -0.476 e. The fourth-order valence-electron chi connectivity index (χ4n) is 2.10. The molecule has 2 aromatic rings. The first-order chi connectivity index (χ1) is 10.5. The lowest BCUT2D eigenvalue weighted by Crippen LogP contribution is -2.07. The molecule has 0 spiro atoms. The van der Waals surface area contributed by atoms with E-state index >= 15 is 0 Å². The van der Waals surface area contributed by atoms with Gasteiger partial charge < -0.3 is 5.11 Å². The van der Waals surface area contributed by atoms with Crippen molar-refractivity contribution in [2.45, 2.75) is 32.7 Å². The third-order valence-corrected chi connectivity index (χ3v) is 3.20. The Hall–Kier alpha value is -2.38.